The van der Waals surface area contributed by atoms with E-state index in [1.165, 1.54) is 67.2 Å². The summed E-state index contributed by atoms with van der Waals surface area (Å²) >= 11 is 0. The molecule has 0 aliphatic heterocycles. The first-order chi connectivity index (χ1) is 15.7. The molecule has 1 nitrogen and oxygen atoms in total. The monoisotopic (exact) mass is 426 g/mol. The number of hydrogen-bond acceptors (Lipinski definition) is 1. The minimum atomic E-state index is 0.687. The van der Waals surface area contributed by atoms with Crippen LogP contribution in [0.15, 0.2) is 78.9 Å². The maximum atomic E-state index is 5.55. The Balaban J connectivity index is 1.21. The molecular formula is C31H38O. The van der Waals surface area contributed by atoms with Crippen molar-refractivity contribution in [2.75, 3.05) is 6.61 Å². The summed E-state index contributed by atoms with van der Waals surface area (Å²) in [7, 11) is 0. The molecular weight excluding hydrogens is 388 g/mol. The molecule has 3 aromatic rings. The first kappa shape index (κ1) is 22.6. The quantitative estimate of drug-likeness (QED) is 0.332. The van der Waals surface area contributed by atoms with Crippen molar-refractivity contribution in [1.82, 2.24) is 0 Å². The van der Waals surface area contributed by atoms with Crippen LogP contribution in [0.3, 0.4) is 0 Å². The highest BCUT2D eigenvalue weighted by atomic mass is 16.5. The minimum absolute atomic E-state index is 0.687. The third-order valence-corrected chi connectivity index (χ3v) is 7.32. The maximum absolute atomic E-state index is 5.55. The molecule has 0 unspecified atom stereocenters. The van der Waals surface area contributed by atoms with Gasteiger partial charge in [-0.1, -0.05) is 99.3 Å². The van der Waals surface area contributed by atoms with Crippen molar-refractivity contribution in [3.05, 3.63) is 90.0 Å². The third-order valence-electron chi connectivity index (χ3n) is 7.32. The van der Waals surface area contributed by atoms with Crippen LogP contribution in [0.4, 0.5) is 0 Å². The molecule has 168 valence electrons. The smallest absolute Gasteiger partial charge is 0.119 e. The SMILES string of the molecule is CCOc1ccc(-c2ccc(CCC3CCC(C[C@@H](C)c4ccccc4)CC3)cc2)cc1. The molecule has 0 amide bonds. The molecule has 0 radical (unpaired) electrons. The van der Waals surface area contributed by atoms with Gasteiger partial charge in [-0.05, 0) is 78.3 Å². The minimum Gasteiger partial charge on any atom is -0.494 e. The van der Waals surface area contributed by atoms with Crippen molar-refractivity contribution in [2.45, 2.75) is 64.7 Å². The van der Waals surface area contributed by atoms with E-state index in [1.807, 2.05) is 6.92 Å². The zero-order valence-corrected chi connectivity index (χ0v) is 19.8. The van der Waals surface area contributed by atoms with Gasteiger partial charge in [-0.2, -0.15) is 0 Å². The van der Waals surface area contributed by atoms with Crippen LogP contribution < -0.4 is 4.74 Å². The Morgan fingerprint density at radius 3 is 1.97 bits per heavy atom. The Bertz CT molecular complexity index is 918. The van der Waals surface area contributed by atoms with Gasteiger partial charge < -0.3 is 4.74 Å². The molecule has 0 saturated heterocycles. The number of rotatable bonds is 9. The lowest BCUT2D eigenvalue weighted by atomic mass is 9.75. The largest absolute Gasteiger partial charge is 0.494 e. The second kappa shape index (κ2) is 11.4. The first-order valence-corrected chi connectivity index (χ1v) is 12.6. The zero-order valence-electron chi connectivity index (χ0n) is 19.8. The normalized spacial score (nSPS) is 19.4. The van der Waals surface area contributed by atoms with Crippen LogP contribution >= 0.6 is 0 Å². The average molecular weight is 427 g/mol. The standard InChI is InChI=1S/C31H38O/c1-3-32-31-21-19-30(20-22-31)29-17-15-26(16-18-29)10-9-25-11-13-27(14-12-25)23-24(2)28-7-5-4-6-8-28/h4-8,15-22,24-25,27H,3,9-14,23H2,1-2H3/t24-,25?,27?/m1/s1. The van der Waals surface area contributed by atoms with Crippen LogP contribution in [-0.4, -0.2) is 6.61 Å². The van der Waals surface area contributed by atoms with E-state index in [0.717, 1.165) is 17.6 Å². The van der Waals surface area contributed by atoms with Gasteiger partial charge in [-0.3, -0.25) is 0 Å². The number of benzene rings is 3. The summed E-state index contributed by atoms with van der Waals surface area (Å²) < 4.78 is 5.55. The Labute approximate surface area is 194 Å². The molecule has 0 N–H and O–H groups in total. The molecule has 1 aliphatic carbocycles. The first-order valence-electron chi connectivity index (χ1n) is 12.6. The Kier molecular flexibility index (Phi) is 8.04. The number of aryl methyl sites for hydroxylation is 1. The highest BCUT2D eigenvalue weighted by Gasteiger charge is 2.23. The van der Waals surface area contributed by atoms with Gasteiger partial charge in [0.15, 0.2) is 0 Å². The predicted molar refractivity (Wildman–Crippen MR) is 136 cm³/mol. The lowest BCUT2D eigenvalue weighted by Crippen LogP contribution is -2.16. The Morgan fingerprint density at radius 2 is 1.34 bits per heavy atom. The molecule has 1 atom stereocenters. The lowest BCUT2D eigenvalue weighted by molar-refractivity contribution is 0.245. The molecule has 1 aliphatic rings. The van der Waals surface area contributed by atoms with Gasteiger partial charge in [-0.25, -0.2) is 0 Å². The van der Waals surface area contributed by atoms with Crippen LogP contribution in [-0.2, 0) is 6.42 Å². The zero-order chi connectivity index (χ0) is 22.2. The van der Waals surface area contributed by atoms with E-state index in [2.05, 4.69) is 85.8 Å². The molecule has 1 heteroatoms. The molecule has 0 heterocycles. The van der Waals surface area contributed by atoms with Crippen molar-refractivity contribution in [1.29, 1.82) is 0 Å². The maximum Gasteiger partial charge on any atom is 0.119 e. The van der Waals surface area contributed by atoms with E-state index in [-0.39, 0.29) is 0 Å². The topological polar surface area (TPSA) is 9.23 Å². The highest BCUT2D eigenvalue weighted by Crippen LogP contribution is 2.37. The van der Waals surface area contributed by atoms with Gasteiger partial charge in [0, 0.05) is 0 Å². The number of ether oxygens (including phenoxy) is 1. The van der Waals surface area contributed by atoms with Gasteiger partial charge >= 0.3 is 0 Å². The summed E-state index contributed by atoms with van der Waals surface area (Å²) in [6.07, 6.45) is 9.55. The van der Waals surface area contributed by atoms with Gasteiger partial charge in [0.05, 0.1) is 6.61 Å². The van der Waals surface area contributed by atoms with Crippen LogP contribution in [0, 0.1) is 11.8 Å². The van der Waals surface area contributed by atoms with Crippen molar-refractivity contribution < 1.29 is 4.74 Å². The molecule has 1 saturated carbocycles. The lowest BCUT2D eigenvalue weighted by Gasteiger charge is -2.30. The molecule has 3 aromatic carbocycles. The molecule has 4 rings (SSSR count). The highest BCUT2D eigenvalue weighted by molar-refractivity contribution is 5.64. The van der Waals surface area contributed by atoms with Gasteiger partial charge in [0.2, 0.25) is 0 Å². The fraction of sp³-hybridized carbons (Fsp3) is 0.419. The fourth-order valence-electron chi connectivity index (χ4n) is 5.32. The summed E-state index contributed by atoms with van der Waals surface area (Å²) in [5.74, 6) is 3.45. The van der Waals surface area contributed by atoms with Crippen LogP contribution in [0.25, 0.3) is 11.1 Å². The van der Waals surface area contributed by atoms with Gasteiger partial charge in [-0.15, -0.1) is 0 Å². The third kappa shape index (κ3) is 6.25. The van der Waals surface area contributed by atoms with Gasteiger partial charge in [0.1, 0.15) is 5.75 Å². The fourth-order valence-corrected chi connectivity index (χ4v) is 5.32. The van der Waals surface area contributed by atoms with Crippen LogP contribution in [0.2, 0.25) is 0 Å². The van der Waals surface area contributed by atoms with Crippen molar-refractivity contribution in [3.8, 4) is 16.9 Å². The van der Waals surface area contributed by atoms with E-state index in [0.29, 0.717) is 12.5 Å². The summed E-state index contributed by atoms with van der Waals surface area (Å²) in [5, 5.41) is 0. The summed E-state index contributed by atoms with van der Waals surface area (Å²) in [6, 6.07) is 28.6. The van der Waals surface area contributed by atoms with E-state index in [4.69, 9.17) is 4.74 Å². The van der Waals surface area contributed by atoms with Crippen LogP contribution in [0.1, 0.15) is 69.4 Å². The van der Waals surface area contributed by atoms with Crippen LogP contribution in [0.5, 0.6) is 5.75 Å². The Hall–Kier alpha value is -2.54. The molecule has 0 aromatic heterocycles. The second-order valence-corrected chi connectivity index (χ2v) is 9.63. The molecule has 1 fully saturated rings. The predicted octanol–water partition coefficient (Wildman–Crippen LogP) is 8.69. The summed E-state index contributed by atoms with van der Waals surface area (Å²) in [6.45, 7) is 5.13. The van der Waals surface area contributed by atoms with Crippen molar-refractivity contribution in [2.24, 2.45) is 11.8 Å². The van der Waals surface area contributed by atoms with Crippen molar-refractivity contribution >= 4 is 0 Å². The van der Waals surface area contributed by atoms with Gasteiger partial charge in [0.25, 0.3) is 0 Å². The summed E-state index contributed by atoms with van der Waals surface area (Å²) in [5.41, 5.74) is 5.51. The Morgan fingerprint density at radius 1 is 0.750 bits per heavy atom. The number of hydrogen-bond donors (Lipinski definition) is 0. The summed E-state index contributed by atoms with van der Waals surface area (Å²) in [4.78, 5) is 0. The van der Waals surface area contributed by atoms with E-state index < -0.39 is 0 Å². The molecule has 32 heavy (non-hydrogen) atoms. The molecule has 0 spiro atoms. The second-order valence-electron chi connectivity index (χ2n) is 9.63. The van der Waals surface area contributed by atoms with E-state index in [1.54, 1.807) is 0 Å². The molecule has 0 bridgehead atoms. The average Bonchev–Trinajstić information content (AvgIpc) is 2.85. The van der Waals surface area contributed by atoms with E-state index in [9.17, 15) is 0 Å². The van der Waals surface area contributed by atoms with E-state index >= 15 is 0 Å². The van der Waals surface area contributed by atoms with Crippen molar-refractivity contribution in [3.63, 3.8) is 0 Å².